The Morgan fingerprint density at radius 1 is 1.29 bits per heavy atom. The summed E-state index contributed by atoms with van der Waals surface area (Å²) in [5.41, 5.74) is 0.626. The van der Waals surface area contributed by atoms with Crippen LogP contribution in [0.2, 0.25) is 0 Å². The molecule has 0 aromatic rings. The van der Waals surface area contributed by atoms with Crippen LogP contribution in [0.3, 0.4) is 0 Å². The zero-order valence-electron chi connectivity index (χ0n) is 10.1. The summed E-state index contributed by atoms with van der Waals surface area (Å²) in [4.78, 5) is 0. The van der Waals surface area contributed by atoms with Crippen LogP contribution in [0.25, 0.3) is 0 Å². The molecule has 2 heteroatoms. The molecule has 0 spiro atoms. The molecule has 2 nitrogen and oxygen atoms in total. The lowest BCUT2D eigenvalue weighted by atomic mass is 9.92. The fraction of sp³-hybridized carbons (Fsp3) is 1.00. The maximum absolute atomic E-state index is 5.07. The normalized spacial score (nSPS) is 21.2. The SMILES string of the molecule is COCCC(C)NCC1(C(C)C)CC1. The summed E-state index contributed by atoms with van der Waals surface area (Å²) in [6.45, 7) is 8.98. The Morgan fingerprint density at radius 2 is 1.93 bits per heavy atom. The molecule has 0 aliphatic heterocycles. The van der Waals surface area contributed by atoms with Gasteiger partial charge in [0, 0.05) is 26.3 Å². The second-order valence-corrected chi connectivity index (χ2v) is 5.08. The highest BCUT2D eigenvalue weighted by atomic mass is 16.5. The molecule has 0 bridgehead atoms. The van der Waals surface area contributed by atoms with E-state index in [2.05, 4.69) is 26.1 Å². The minimum Gasteiger partial charge on any atom is -0.385 e. The number of hydrogen-bond acceptors (Lipinski definition) is 2. The topological polar surface area (TPSA) is 21.3 Å². The fourth-order valence-corrected chi connectivity index (χ4v) is 1.89. The van der Waals surface area contributed by atoms with Gasteiger partial charge in [0.05, 0.1) is 0 Å². The van der Waals surface area contributed by atoms with E-state index in [1.807, 2.05) is 0 Å². The first-order valence-corrected chi connectivity index (χ1v) is 5.83. The first kappa shape index (κ1) is 12.0. The number of methoxy groups -OCH3 is 1. The molecule has 0 aromatic heterocycles. The number of hydrogen-bond donors (Lipinski definition) is 1. The quantitative estimate of drug-likeness (QED) is 0.680. The molecule has 84 valence electrons. The van der Waals surface area contributed by atoms with Gasteiger partial charge in [0.25, 0.3) is 0 Å². The maximum Gasteiger partial charge on any atom is 0.0476 e. The lowest BCUT2D eigenvalue weighted by Gasteiger charge is -2.23. The Labute approximate surface area is 88.4 Å². The van der Waals surface area contributed by atoms with Crippen molar-refractivity contribution in [1.29, 1.82) is 0 Å². The van der Waals surface area contributed by atoms with Crippen LogP contribution < -0.4 is 5.32 Å². The molecule has 1 atom stereocenters. The maximum atomic E-state index is 5.07. The number of rotatable bonds is 7. The molecule has 0 saturated heterocycles. The van der Waals surface area contributed by atoms with E-state index < -0.39 is 0 Å². The number of nitrogens with one attached hydrogen (secondary N) is 1. The third kappa shape index (κ3) is 3.25. The van der Waals surface area contributed by atoms with Crippen molar-refractivity contribution in [2.45, 2.75) is 46.1 Å². The van der Waals surface area contributed by atoms with Gasteiger partial charge in [-0.25, -0.2) is 0 Å². The van der Waals surface area contributed by atoms with E-state index in [1.165, 1.54) is 19.4 Å². The molecule has 0 amide bonds. The second kappa shape index (κ2) is 5.13. The predicted octanol–water partition coefficient (Wildman–Crippen LogP) is 2.44. The molecule has 1 N–H and O–H groups in total. The summed E-state index contributed by atoms with van der Waals surface area (Å²) < 4.78 is 5.07. The van der Waals surface area contributed by atoms with Gasteiger partial charge < -0.3 is 10.1 Å². The van der Waals surface area contributed by atoms with Crippen molar-refractivity contribution in [3.63, 3.8) is 0 Å². The van der Waals surface area contributed by atoms with Crippen LogP contribution in [0.5, 0.6) is 0 Å². The highest BCUT2D eigenvalue weighted by molar-refractivity contribution is 4.97. The van der Waals surface area contributed by atoms with Crippen molar-refractivity contribution in [2.75, 3.05) is 20.3 Å². The standard InChI is InChI=1S/C12H25NO/c1-10(2)12(6-7-12)9-13-11(3)5-8-14-4/h10-11,13H,5-9H2,1-4H3. The van der Waals surface area contributed by atoms with Crippen molar-refractivity contribution in [1.82, 2.24) is 5.32 Å². The molecule has 1 aliphatic carbocycles. The summed E-state index contributed by atoms with van der Waals surface area (Å²) in [6.07, 6.45) is 3.94. The average molecular weight is 199 g/mol. The van der Waals surface area contributed by atoms with E-state index in [1.54, 1.807) is 7.11 Å². The van der Waals surface area contributed by atoms with E-state index in [4.69, 9.17) is 4.74 Å². The first-order chi connectivity index (χ1) is 6.60. The largest absolute Gasteiger partial charge is 0.385 e. The van der Waals surface area contributed by atoms with Gasteiger partial charge >= 0.3 is 0 Å². The zero-order chi connectivity index (χ0) is 10.6. The van der Waals surface area contributed by atoms with Gasteiger partial charge in [-0.3, -0.25) is 0 Å². The summed E-state index contributed by atoms with van der Waals surface area (Å²) >= 11 is 0. The summed E-state index contributed by atoms with van der Waals surface area (Å²) in [7, 11) is 1.77. The zero-order valence-corrected chi connectivity index (χ0v) is 10.1. The summed E-state index contributed by atoms with van der Waals surface area (Å²) in [5.74, 6) is 0.824. The van der Waals surface area contributed by atoms with Crippen LogP contribution in [-0.4, -0.2) is 26.3 Å². The average Bonchev–Trinajstić information content (AvgIpc) is 2.92. The second-order valence-electron chi connectivity index (χ2n) is 5.08. The van der Waals surface area contributed by atoms with Crippen molar-refractivity contribution in [2.24, 2.45) is 11.3 Å². The summed E-state index contributed by atoms with van der Waals surface area (Å²) in [5, 5.41) is 3.62. The number of ether oxygens (including phenoxy) is 1. The minimum atomic E-state index is 0.589. The molecule has 0 radical (unpaired) electrons. The molecule has 14 heavy (non-hydrogen) atoms. The molecular weight excluding hydrogens is 174 g/mol. The van der Waals surface area contributed by atoms with Crippen LogP contribution in [-0.2, 0) is 4.74 Å². The van der Waals surface area contributed by atoms with Crippen LogP contribution in [0, 0.1) is 11.3 Å². The Hall–Kier alpha value is -0.0800. The van der Waals surface area contributed by atoms with Crippen molar-refractivity contribution in [3.05, 3.63) is 0 Å². The van der Waals surface area contributed by atoms with Crippen LogP contribution in [0.4, 0.5) is 0 Å². The van der Waals surface area contributed by atoms with Gasteiger partial charge in [-0.2, -0.15) is 0 Å². The molecule has 1 fully saturated rings. The monoisotopic (exact) mass is 199 g/mol. The predicted molar refractivity (Wildman–Crippen MR) is 60.5 cm³/mol. The van der Waals surface area contributed by atoms with Gasteiger partial charge in [-0.1, -0.05) is 13.8 Å². The Bertz CT molecular complexity index is 164. The van der Waals surface area contributed by atoms with Gasteiger partial charge in [-0.15, -0.1) is 0 Å². The molecule has 1 aliphatic rings. The van der Waals surface area contributed by atoms with Crippen molar-refractivity contribution < 1.29 is 4.74 Å². The molecule has 1 rings (SSSR count). The first-order valence-electron chi connectivity index (χ1n) is 5.83. The fourth-order valence-electron chi connectivity index (χ4n) is 1.89. The molecular formula is C12H25NO. The third-order valence-electron chi connectivity index (χ3n) is 3.67. The van der Waals surface area contributed by atoms with Crippen LogP contribution in [0.15, 0.2) is 0 Å². The highest BCUT2D eigenvalue weighted by Crippen LogP contribution is 2.51. The lowest BCUT2D eigenvalue weighted by molar-refractivity contribution is 0.182. The van der Waals surface area contributed by atoms with Gasteiger partial charge in [0.1, 0.15) is 0 Å². The molecule has 1 saturated carbocycles. The van der Waals surface area contributed by atoms with E-state index in [0.717, 1.165) is 18.9 Å². The minimum absolute atomic E-state index is 0.589. The smallest absolute Gasteiger partial charge is 0.0476 e. The molecule has 0 heterocycles. The Kier molecular flexibility index (Phi) is 4.39. The van der Waals surface area contributed by atoms with E-state index >= 15 is 0 Å². The summed E-state index contributed by atoms with van der Waals surface area (Å²) in [6, 6.07) is 0.589. The molecule has 0 aromatic carbocycles. The lowest BCUT2D eigenvalue weighted by Crippen LogP contribution is -2.34. The van der Waals surface area contributed by atoms with Crippen molar-refractivity contribution in [3.8, 4) is 0 Å². The van der Waals surface area contributed by atoms with Gasteiger partial charge in [0.2, 0.25) is 0 Å². The third-order valence-corrected chi connectivity index (χ3v) is 3.67. The van der Waals surface area contributed by atoms with Gasteiger partial charge in [0.15, 0.2) is 0 Å². The van der Waals surface area contributed by atoms with Crippen LogP contribution >= 0.6 is 0 Å². The molecule has 1 unspecified atom stereocenters. The Morgan fingerprint density at radius 3 is 2.36 bits per heavy atom. The van der Waals surface area contributed by atoms with Crippen LogP contribution in [0.1, 0.15) is 40.0 Å². The van der Waals surface area contributed by atoms with E-state index in [-0.39, 0.29) is 0 Å². The Balaban J connectivity index is 2.13. The highest BCUT2D eigenvalue weighted by Gasteiger charge is 2.44. The van der Waals surface area contributed by atoms with Crippen molar-refractivity contribution >= 4 is 0 Å². The van der Waals surface area contributed by atoms with E-state index in [9.17, 15) is 0 Å². The van der Waals surface area contributed by atoms with E-state index in [0.29, 0.717) is 11.5 Å². The van der Waals surface area contributed by atoms with Gasteiger partial charge in [-0.05, 0) is 37.5 Å².